The van der Waals surface area contributed by atoms with E-state index in [1.165, 1.54) is 41.3 Å². The normalized spacial score (nSPS) is 16.5. The van der Waals surface area contributed by atoms with Crippen LogP contribution >= 0.6 is 23.1 Å². The number of methoxy groups -OCH3 is 1. The van der Waals surface area contributed by atoms with E-state index in [-0.39, 0.29) is 40.2 Å². The highest BCUT2D eigenvalue weighted by Gasteiger charge is 2.41. The van der Waals surface area contributed by atoms with Crippen LogP contribution in [-0.4, -0.2) is 77.4 Å². The minimum absolute atomic E-state index is 0.0144. The molecule has 4 aromatic rings. The number of rotatable bonds is 9. The molecule has 1 aliphatic rings. The van der Waals surface area contributed by atoms with Gasteiger partial charge in [-0.25, -0.2) is 9.37 Å². The van der Waals surface area contributed by atoms with Crippen LogP contribution in [0, 0.1) is 5.82 Å². The van der Waals surface area contributed by atoms with E-state index in [2.05, 4.69) is 25.3 Å². The largest absolute Gasteiger partial charge is 0.383 e. The Bertz CT molecular complexity index is 1640. The molecule has 0 aliphatic carbocycles. The molecule has 2 atom stereocenters. The third kappa shape index (κ3) is 5.53. The number of fused-ring (bicyclic) bond motifs is 2. The molecule has 11 nitrogen and oxygen atoms in total. The van der Waals surface area contributed by atoms with Gasteiger partial charge in [0, 0.05) is 43.2 Å². The van der Waals surface area contributed by atoms with Crippen LogP contribution in [0.25, 0.3) is 10.1 Å². The van der Waals surface area contributed by atoms with Crippen LogP contribution in [0.4, 0.5) is 10.2 Å². The molecule has 0 unspecified atom stereocenters. The Kier molecular flexibility index (Phi) is 8.31. The Balaban J connectivity index is 1.67. The zero-order valence-corrected chi connectivity index (χ0v) is 24.0. The maximum absolute atomic E-state index is 14.4. The molecule has 5 rings (SSSR count). The maximum Gasteiger partial charge on any atom is 0.287 e. The summed E-state index contributed by atoms with van der Waals surface area (Å²) in [5.74, 6) is -2.22. The summed E-state index contributed by atoms with van der Waals surface area (Å²) in [5.41, 5.74) is 0.698. The highest BCUT2D eigenvalue weighted by atomic mass is 35.5. The van der Waals surface area contributed by atoms with Crippen LogP contribution in [0.1, 0.15) is 44.4 Å². The number of halogens is 2. The Morgan fingerprint density at radius 3 is 2.78 bits per heavy atom. The molecular formula is C27H27ClFN7O4S. The van der Waals surface area contributed by atoms with Gasteiger partial charge in [-0.3, -0.25) is 14.4 Å². The van der Waals surface area contributed by atoms with E-state index in [9.17, 15) is 18.8 Å². The second-order valence-electron chi connectivity index (χ2n) is 9.48. The van der Waals surface area contributed by atoms with Crippen LogP contribution in [0.2, 0.25) is 5.02 Å². The lowest BCUT2D eigenvalue weighted by Crippen LogP contribution is -2.48. The number of nitrogens with zero attached hydrogens (tertiary/aromatic N) is 4. The summed E-state index contributed by atoms with van der Waals surface area (Å²) in [6.45, 7) is 1.13. The van der Waals surface area contributed by atoms with Crippen LogP contribution in [-0.2, 0) is 9.53 Å². The van der Waals surface area contributed by atoms with Gasteiger partial charge in [-0.15, -0.1) is 0 Å². The fourth-order valence-corrected chi connectivity index (χ4v) is 5.80. The molecule has 214 valence electrons. The molecule has 3 heterocycles. The maximum atomic E-state index is 14.4. The Labute approximate surface area is 243 Å². The number of ether oxygens (including phenoxy) is 1. The number of carbonyl (C=O) groups is 3. The first-order valence-electron chi connectivity index (χ1n) is 12.7. The highest BCUT2D eigenvalue weighted by molar-refractivity contribution is 7.13. The van der Waals surface area contributed by atoms with Crippen LogP contribution in [0.15, 0.2) is 42.5 Å². The van der Waals surface area contributed by atoms with Crippen molar-refractivity contribution in [3.8, 4) is 0 Å². The van der Waals surface area contributed by atoms with Crippen molar-refractivity contribution in [2.75, 3.05) is 46.2 Å². The Hall–Kier alpha value is -3.91. The van der Waals surface area contributed by atoms with Crippen molar-refractivity contribution in [3.63, 3.8) is 0 Å². The molecule has 0 fully saturated rings. The fourth-order valence-electron chi connectivity index (χ4n) is 4.80. The van der Waals surface area contributed by atoms with E-state index in [0.717, 1.165) is 4.70 Å². The van der Waals surface area contributed by atoms with Crippen LogP contribution < -0.4 is 16.0 Å². The van der Waals surface area contributed by atoms with Crippen molar-refractivity contribution in [1.29, 1.82) is 0 Å². The predicted octanol–water partition coefficient (Wildman–Crippen LogP) is 3.24. The lowest BCUT2D eigenvalue weighted by atomic mass is 9.98. The molecular weight excluding hydrogens is 573 g/mol. The molecule has 3 N–H and O–H groups in total. The van der Waals surface area contributed by atoms with Crippen molar-refractivity contribution in [1.82, 2.24) is 29.5 Å². The van der Waals surface area contributed by atoms with Gasteiger partial charge in [-0.1, -0.05) is 29.8 Å². The van der Waals surface area contributed by atoms with E-state index in [4.69, 9.17) is 16.3 Å². The number of hydrogen-bond donors (Lipinski definition) is 3. The number of hydrogen-bond acceptors (Lipinski definition) is 8. The second-order valence-corrected chi connectivity index (χ2v) is 10.7. The Morgan fingerprint density at radius 1 is 1.24 bits per heavy atom. The number of likely N-dealkylation sites (N-methyl/N-ethyl adjacent to an activating group) is 1. The summed E-state index contributed by atoms with van der Waals surface area (Å²) in [5, 5.41) is 9.10. The lowest BCUT2D eigenvalue weighted by molar-refractivity contribution is -0.126. The monoisotopic (exact) mass is 599 g/mol. The molecule has 2 aromatic heterocycles. The van der Waals surface area contributed by atoms with E-state index in [0.29, 0.717) is 18.5 Å². The number of nitrogens with one attached hydrogen (secondary N) is 3. The quantitative estimate of drug-likeness (QED) is 0.269. The number of carbonyl (C=O) groups excluding carboxylic acids is 3. The van der Waals surface area contributed by atoms with Gasteiger partial charge < -0.3 is 30.2 Å². The third-order valence-electron chi connectivity index (χ3n) is 6.81. The standard InChI is InChI=1S/C27H27ClFN7O4S/c1-30-27(39)24-32-23(33-26(38)21-15-6-4-5-7-19(15)41-34-21)22-20(16-12-14(29)8-9-17(16)28)31-25(37)18(36(22)24)13-35(2)10-11-40-3/h4-9,12,18,20H,10-11,13H2,1-3H3,(H,30,39)(H,31,37)(H,33,38)/t18-,20+/m1/s1. The first-order valence-corrected chi connectivity index (χ1v) is 13.8. The minimum Gasteiger partial charge on any atom is -0.383 e. The number of anilines is 1. The summed E-state index contributed by atoms with van der Waals surface area (Å²) in [6.07, 6.45) is 0. The summed E-state index contributed by atoms with van der Waals surface area (Å²) in [4.78, 5) is 46.6. The van der Waals surface area contributed by atoms with Gasteiger partial charge in [-0.05, 0) is 42.8 Å². The van der Waals surface area contributed by atoms with E-state index in [1.54, 1.807) is 19.2 Å². The molecule has 41 heavy (non-hydrogen) atoms. The van der Waals surface area contributed by atoms with E-state index >= 15 is 0 Å². The van der Waals surface area contributed by atoms with Gasteiger partial charge in [0.1, 0.15) is 17.6 Å². The zero-order chi connectivity index (χ0) is 29.3. The average Bonchev–Trinajstić information content (AvgIpc) is 3.56. The van der Waals surface area contributed by atoms with Crippen molar-refractivity contribution in [2.24, 2.45) is 0 Å². The van der Waals surface area contributed by atoms with Crippen molar-refractivity contribution >= 4 is 56.8 Å². The molecule has 1 aliphatic heterocycles. The number of aromatic nitrogens is 3. The van der Waals surface area contributed by atoms with E-state index < -0.39 is 35.6 Å². The Morgan fingerprint density at radius 2 is 2.02 bits per heavy atom. The van der Waals surface area contributed by atoms with Gasteiger partial charge in [0.05, 0.1) is 23.0 Å². The third-order valence-corrected chi connectivity index (χ3v) is 7.98. The van der Waals surface area contributed by atoms with Gasteiger partial charge >= 0.3 is 0 Å². The van der Waals surface area contributed by atoms with E-state index in [1.807, 2.05) is 24.1 Å². The van der Waals surface area contributed by atoms with Crippen molar-refractivity contribution in [2.45, 2.75) is 12.1 Å². The number of amides is 3. The predicted molar refractivity (Wildman–Crippen MR) is 153 cm³/mol. The molecule has 3 amide bonds. The van der Waals surface area contributed by atoms with Crippen molar-refractivity contribution in [3.05, 3.63) is 76.1 Å². The highest BCUT2D eigenvalue weighted by Crippen LogP contribution is 2.39. The minimum atomic E-state index is -1.03. The molecule has 14 heteroatoms. The molecule has 0 spiro atoms. The number of benzene rings is 2. The number of imidazole rings is 1. The molecule has 2 aromatic carbocycles. The van der Waals surface area contributed by atoms with Gasteiger partial charge in [0.2, 0.25) is 11.7 Å². The summed E-state index contributed by atoms with van der Waals surface area (Å²) in [7, 11) is 4.83. The first-order chi connectivity index (χ1) is 19.7. The first kappa shape index (κ1) is 28.6. The van der Waals surface area contributed by atoms with Gasteiger partial charge in [0.25, 0.3) is 11.8 Å². The SMILES string of the molecule is CNC(=O)c1nc(NC(=O)c2nsc3ccccc23)c2n1[C@H](CN(C)CCOC)C(=O)N[C@H]2c1cc(F)ccc1Cl. The smallest absolute Gasteiger partial charge is 0.287 e. The topological polar surface area (TPSA) is 130 Å². The fraction of sp³-hybridized carbons (Fsp3) is 0.296. The summed E-state index contributed by atoms with van der Waals surface area (Å²) < 4.78 is 26.2. The molecule has 0 bridgehead atoms. The summed E-state index contributed by atoms with van der Waals surface area (Å²) in [6, 6.07) is 9.13. The average molecular weight is 600 g/mol. The van der Waals surface area contributed by atoms with Crippen LogP contribution in [0.3, 0.4) is 0 Å². The van der Waals surface area contributed by atoms with Gasteiger partial charge in [0.15, 0.2) is 5.82 Å². The molecule has 0 radical (unpaired) electrons. The van der Waals surface area contributed by atoms with Crippen LogP contribution in [0.5, 0.6) is 0 Å². The second kappa shape index (κ2) is 11.9. The molecule has 0 saturated carbocycles. The van der Waals surface area contributed by atoms with Gasteiger partial charge in [-0.2, -0.15) is 4.37 Å². The summed E-state index contributed by atoms with van der Waals surface area (Å²) >= 11 is 7.66. The zero-order valence-electron chi connectivity index (χ0n) is 22.4. The van der Waals surface area contributed by atoms with Crippen molar-refractivity contribution < 1.29 is 23.5 Å². The lowest BCUT2D eigenvalue weighted by Gasteiger charge is -2.35. The molecule has 0 saturated heterocycles.